The fraction of sp³-hybridized carbons (Fsp3) is 0.333. The summed E-state index contributed by atoms with van der Waals surface area (Å²) in [7, 11) is 0. The highest BCUT2D eigenvalue weighted by molar-refractivity contribution is 7.00. The number of fused-ring (bicyclic) bond motifs is 7. The van der Waals surface area contributed by atoms with Crippen molar-refractivity contribution in [2.24, 2.45) is 0 Å². The first-order valence-electron chi connectivity index (χ1n) is 28.1. The zero-order valence-electron chi connectivity index (χ0n) is 49.3. The van der Waals surface area contributed by atoms with Crippen LogP contribution in [0.15, 0.2) is 162 Å². The van der Waals surface area contributed by atoms with E-state index in [-0.39, 0.29) is 39.2 Å². The molecule has 0 bridgehead atoms. The van der Waals surface area contributed by atoms with Crippen LogP contribution in [0.4, 0.5) is 51.2 Å². The average Bonchev–Trinajstić information content (AvgIpc) is 3.74. The number of nitrogens with zero attached hydrogens (tertiary/aromatic N) is 3. The first-order chi connectivity index (χ1) is 36.0. The molecule has 0 saturated heterocycles. The molecule has 2 aliphatic rings. The van der Waals surface area contributed by atoms with Gasteiger partial charge in [0.2, 0.25) is 0 Å². The van der Waals surface area contributed by atoms with Crippen molar-refractivity contribution in [1.82, 2.24) is 0 Å². The summed E-state index contributed by atoms with van der Waals surface area (Å²) in [6.07, 6.45) is 0. The largest absolute Gasteiger partial charge is 0.456 e. The van der Waals surface area contributed by atoms with E-state index in [1.165, 1.54) is 72.5 Å². The minimum atomic E-state index is -0.185. The molecule has 0 aliphatic carbocycles. The summed E-state index contributed by atoms with van der Waals surface area (Å²) in [6, 6.07) is 60.9. The molecule has 0 N–H and O–H groups in total. The lowest BCUT2D eigenvalue weighted by atomic mass is 9.33. The second-order valence-corrected chi connectivity index (χ2v) is 28.5. The van der Waals surface area contributed by atoms with Crippen molar-refractivity contribution in [3.63, 3.8) is 0 Å². The van der Waals surface area contributed by atoms with E-state index in [2.05, 4.69) is 297 Å². The molecule has 1 aromatic heterocycles. The van der Waals surface area contributed by atoms with E-state index in [0.29, 0.717) is 0 Å². The monoisotopic (exact) mass is 1010 g/mol. The van der Waals surface area contributed by atoms with Crippen LogP contribution in [-0.4, -0.2) is 6.71 Å². The summed E-state index contributed by atoms with van der Waals surface area (Å²) in [5.74, 6) is 0. The summed E-state index contributed by atoms with van der Waals surface area (Å²) >= 11 is 0. The van der Waals surface area contributed by atoms with E-state index < -0.39 is 0 Å². The molecule has 0 atom stereocenters. The number of anilines is 9. The molecule has 0 radical (unpaired) electrons. The molecule has 2 aliphatic heterocycles. The minimum Gasteiger partial charge on any atom is -0.456 e. The SMILES string of the molecule is CC(C)(C)c1ccc(N(c2ccc(C(C)(C)C)cc2)c2cc(N3c4ccc(C(C)(C)C)cc4B4c5cc(C(C)(C)C)ccc5N(c5ccc(C(C)(C)C)cc5)c5cc(C(C)(C)C)cc3c54)c3c(c2)oc2ccccc23)cc1. The number of hydrogen-bond donors (Lipinski definition) is 0. The van der Waals surface area contributed by atoms with Gasteiger partial charge in [-0.15, -0.1) is 0 Å². The Morgan fingerprint density at radius 1 is 0.338 bits per heavy atom. The quantitative estimate of drug-likeness (QED) is 0.160. The smallest absolute Gasteiger partial charge is 0.252 e. The van der Waals surface area contributed by atoms with Crippen molar-refractivity contribution in [1.29, 1.82) is 0 Å². The van der Waals surface area contributed by atoms with Crippen molar-refractivity contribution in [3.8, 4) is 0 Å². The molecule has 0 spiro atoms. The van der Waals surface area contributed by atoms with E-state index in [9.17, 15) is 0 Å². The maximum Gasteiger partial charge on any atom is 0.252 e. The highest BCUT2D eigenvalue weighted by atomic mass is 16.3. The Bertz CT molecular complexity index is 3680. The van der Waals surface area contributed by atoms with Gasteiger partial charge in [0, 0.05) is 51.3 Å². The Balaban J connectivity index is 1.27. The van der Waals surface area contributed by atoms with Crippen LogP contribution >= 0.6 is 0 Å². The van der Waals surface area contributed by atoms with Gasteiger partial charge >= 0.3 is 0 Å². The summed E-state index contributed by atoms with van der Waals surface area (Å²) < 4.78 is 7.11. The van der Waals surface area contributed by atoms with Gasteiger partial charge in [-0.2, -0.15) is 0 Å². The van der Waals surface area contributed by atoms with Crippen molar-refractivity contribution >= 4 is 96.2 Å². The number of furan rings is 1. The number of rotatable bonds is 5. The zero-order chi connectivity index (χ0) is 55.1. The van der Waals surface area contributed by atoms with Crippen molar-refractivity contribution in [2.75, 3.05) is 14.7 Å². The fourth-order valence-electron chi connectivity index (χ4n) is 11.8. The predicted octanol–water partition coefficient (Wildman–Crippen LogP) is 18.9. The lowest BCUT2D eigenvalue weighted by Gasteiger charge is -2.46. The van der Waals surface area contributed by atoms with Crippen LogP contribution in [-0.2, 0) is 32.5 Å². The fourth-order valence-corrected chi connectivity index (χ4v) is 11.8. The van der Waals surface area contributed by atoms with Crippen LogP contribution in [0.3, 0.4) is 0 Å². The van der Waals surface area contributed by atoms with Gasteiger partial charge < -0.3 is 19.1 Å². The van der Waals surface area contributed by atoms with Crippen molar-refractivity contribution < 1.29 is 4.42 Å². The van der Waals surface area contributed by atoms with Crippen LogP contribution in [0, 0.1) is 0 Å². The zero-order valence-corrected chi connectivity index (χ0v) is 49.3. The van der Waals surface area contributed by atoms with Crippen LogP contribution in [0.25, 0.3) is 21.9 Å². The molecule has 392 valence electrons. The molecule has 3 heterocycles. The molecule has 77 heavy (non-hydrogen) atoms. The van der Waals surface area contributed by atoms with Crippen molar-refractivity contribution in [3.05, 3.63) is 191 Å². The third-order valence-corrected chi connectivity index (χ3v) is 16.6. The van der Waals surface area contributed by atoms with Crippen LogP contribution in [0.1, 0.15) is 158 Å². The molecule has 0 saturated carbocycles. The maximum atomic E-state index is 7.11. The Morgan fingerprint density at radius 3 is 1.22 bits per heavy atom. The Morgan fingerprint density at radius 2 is 0.753 bits per heavy atom. The van der Waals surface area contributed by atoms with Gasteiger partial charge in [-0.1, -0.05) is 203 Å². The second-order valence-electron chi connectivity index (χ2n) is 28.5. The summed E-state index contributed by atoms with van der Waals surface area (Å²) in [5.41, 5.74) is 23.5. The van der Waals surface area contributed by atoms with Crippen LogP contribution < -0.4 is 31.1 Å². The summed E-state index contributed by atoms with van der Waals surface area (Å²) in [4.78, 5) is 7.64. The summed E-state index contributed by atoms with van der Waals surface area (Å²) in [6.45, 7) is 41.7. The van der Waals surface area contributed by atoms with E-state index in [4.69, 9.17) is 4.42 Å². The maximum absolute atomic E-state index is 7.11. The lowest BCUT2D eigenvalue weighted by molar-refractivity contribution is 0.589. The molecule has 11 rings (SSSR count). The molecule has 9 aromatic rings. The normalized spacial score (nSPS) is 14.0. The Kier molecular flexibility index (Phi) is 12.0. The number of benzene rings is 8. The molecule has 8 aromatic carbocycles. The van der Waals surface area contributed by atoms with Gasteiger partial charge in [-0.05, 0) is 155 Å². The van der Waals surface area contributed by atoms with Gasteiger partial charge in [-0.3, -0.25) is 0 Å². The lowest BCUT2D eigenvalue weighted by Crippen LogP contribution is -2.61. The minimum absolute atomic E-state index is 0.00541. The molecular formula is C72H80BN3O. The van der Waals surface area contributed by atoms with E-state index in [1.807, 2.05) is 0 Å². The van der Waals surface area contributed by atoms with Crippen molar-refractivity contribution in [2.45, 2.75) is 157 Å². The third kappa shape index (κ3) is 9.16. The molecule has 5 heteroatoms. The van der Waals surface area contributed by atoms with Gasteiger partial charge in [0.15, 0.2) is 0 Å². The molecular weight excluding hydrogens is 934 g/mol. The van der Waals surface area contributed by atoms with Crippen LogP contribution in [0.2, 0.25) is 0 Å². The average molecular weight is 1010 g/mol. The molecule has 0 unspecified atom stereocenters. The van der Waals surface area contributed by atoms with Gasteiger partial charge in [0.05, 0.1) is 16.8 Å². The molecule has 4 nitrogen and oxygen atoms in total. The second kappa shape index (κ2) is 17.8. The highest BCUT2D eigenvalue weighted by Crippen LogP contribution is 2.52. The first kappa shape index (κ1) is 52.1. The topological polar surface area (TPSA) is 22.9 Å². The third-order valence-electron chi connectivity index (χ3n) is 16.6. The first-order valence-corrected chi connectivity index (χ1v) is 28.1. The van der Waals surface area contributed by atoms with Crippen LogP contribution in [0.5, 0.6) is 0 Å². The van der Waals surface area contributed by atoms with E-state index in [1.54, 1.807) is 0 Å². The van der Waals surface area contributed by atoms with Gasteiger partial charge in [0.1, 0.15) is 11.2 Å². The standard InChI is InChI=1S/C72H80BN3O/c1-67(2,3)45-23-31-51(32-24-45)74(52-33-25-46(26-34-52)68(4,5)6)54-43-60(65-55-21-19-20-22-63(55)77-64(65)44-54)76-59-38-30-49(71(13,14)15)40-57(59)73-56-39-48(70(10,11)12)29-37-58(56)75(53-35-27-47(28-36-53)69(7,8)9)61-41-50(72(16,17)18)42-62(76)66(61)73/h19-44H,1-18H3. The highest BCUT2D eigenvalue weighted by Gasteiger charge is 2.46. The van der Waals surface area contributed by atoms with E-state index >= 15 is 0 Å². The van der Waals surface area contributed by atoms with E-state index in [0.717, 1.165) is 50.4 Å². The van der Waals surface area contributed by atoms with Gasteiger partial charge in [-0.25, -0.2) is 0 Å². The predicted molar refractivity (Wildman–Crippen MR) is 335 cm³/mol. The molecule has 0 amide bonds. The van der Waals surface area contributed by atoms with Gasteiger partial charge in [0.25, 0.3) is 6.71 Å². The number of hydrogen-bond acceptors (Lipinski definition) is 4. The number of para-hydroxylation sites is 1. The summed E-state index contributed by atoms with van der Waals surface area (Å²) in [5, 5.41) is 2.19. The Hall–Kier alpha value is -6.98. The molecule has 0 fully saturated rings. The Labute approximate surface area is 461 Å².